The van der Waals surface area contributed by atoms with Gasteiger partial charge in [0.15, 0.2) is 0 Å². The SMILES string of the molecule is CCCC(CN)(CCC)C(=O)NCc1ccncc1C. The summed E-state index contributed by atoms with van der Waals surface area (Å²) >= 11 is 0. The molecule has 0 aliphatic carbocycles. The highest BCUT2D eigenvalue weighted by Crippen LogP contribution is 2.29. The van der Waals surface area contributed by atoms with Gasteiger partial charge >= 0.3 is 0 Å². The van der Waals surface area contributed by atoms with Crippen LogP contribution in [0.15, 0.2) is 18.5 Å². The molecule has 4 nitrogen and oxygen atoms in total. The molecule has 1 aromatic rings. The van der Waals surface area contributed by atoms with E-state index in [1.807, 2.05) is 19.2 Å². The quantitative estimate of drug-likeness (QED) is 0.767. The van der Waals surface area contributed by atoms with Gasteiger partial charge in [0.05, 0.1) is 5.41 Å². The van der Waals surface area contributed by atoms with Crippen LogP contribution in [0.2, 0.25) is 0 Å². The second kappa shape index (κ2) is 8.00. The number of pyridine rings is 1. The number of rotatable bonds is 8. The largest absolute Gasteiger partial charge is 0.351 e. The maximum Gasteiger partial charge on any atom is 0.227 e. The summed E-state index contributed by atoms with van der Waals surface area (Å²) in [7, 11) is 0. The van der Waals surface area contributed by atoms with Crippen molar-refractivity contribution in [2.24, 2.45) is 11.1 Å². The molecule has 20 heavy (non-hydrogen) atoms. The van der Waals surface area contributed by atoms with Gasteiger partial charge in [-0.2, -0.15) is 0 Å². The highest BCUT2D eigenvalue weighted by molar-refractivity contribution is 5.82. The second-order valence-corrected chi connectivity index (χ2v) is 5.47. The number of nitrogens with zero attached hydrogens (tertiary/aromatic N) is 1. The minimum atomic E-state index is -0.412. The Labute approximate surface area is 122 Å². The summed E-state index contributed by atoms with van der Waals surface area (Å²) in [5.74, 6) is 0.0833. The number of hydrogen-bond acceptors (Lipinski definition) is 3. The van der Waals surface area contributed by atoms with Crippen molar-refractivity contribution in [2.75, 3.05) is 6.54 Å². The molecule has 0 saturated heterocycles. The number of aromatic nitrogens is 1. The van der Waals surface area contributed by atoms with Gasteiger partial charge < -0.3 is 11.1 Å². The molecular weight excluding hydrogens is 250 g/mol. The zero-order valence-electron chi connectivity index (χ0n) is 12.9. The predicted molar refractivity (Wildman–Crippen MR) is 82.1 cm³/mol. The molecule has 1 rings (SSSR count). The van der Waals surface area contributed by atoms with Crippen molar-refractivity contribution in [2.45, 2.75) is 53.0 Å². The molecule has 3 N–H and O–H groups in total. The Morgan fingerprint density at radius 3 is 2.50 bits per heavy atom. The number of aryl methyl sites for hydroxylation is 1. The average molecular weight is 277 g/mol. The third-order valence-electron chi connectivity index (χ3n) is 3.91. The fourth-order valence-electron chi connectivity index (χ4n) is 2.67. The number of hydrogen-bond donors (Lipinski definition) is 2. The Morgan fingerprint density at radius 2 is 2.00 bits per heavy atom. The Kier molecular flexibility index (Phi) is 6.65. The molecule has 1 heterocycles. The number of nitrogens with two attached hydrogens (primary N) is 1. The molecule has 0 fully saturated rings. The molecule has 112 valence electrons. The van der Waals surface area contributed by atoms with Crippen molar-refractivity contribution >= 4 is 5.91 Å². The lowest BCUT2D eigenvalue weighted by Crippen LogP contribution is -2.45. The van der Waals surface area contributed by atoms with Crippen LogP contribution >= 0.6 is 0 Å². The van der Waals surface area contributed by atoms with Crippen molar-refractivity contribution in [1.29, 1.82) is 0 Å². The van der Waals surface area contributed by atoms with Crippen LogP contribution < -0.4 is 11.1 Å². The van der Waals surface area contributed by atoms with E-state index in [9.17, 15) is 4.79 Å². The van der Waals surface area contributed by atoms with Crippen molar-refractivity contribution in [3.05, 3.63) is 29.6 Å². The van der Waals surface area contributed by atoms with Crippen LogP contribution in [0.3, 0.4) is 0 Å². The molecule has 0 aliphatic rings. The zero-order chi connectivity index (χ0) is 15.0. The van der Waals surface area contributed by atoms with E-state index in [1.54, 1.807) is 6.20 Å². The lowest BCUT2D eigenvalue weighted by atomic mass is 9.78. The van der Waals surface area contributed by atoms with Crippen LogP contribution in [0.1, 0.15) is 50.7 Å². The van der Waals surface area contributed by atoms with Crippen LogP contribution in [-0.4, -0.2) is 17.4 Å². The Hall–Kier alpha value is -1.42. The fraction of sp³-hybridized carbons (Fsp3) is 0.625. The number of nitrogens with one attached hydrogen (secondary N) is 1. The molecule has 0 radical (unpaired) electrons. The Morgan fingerprint density at radius 1 is 1.35 bits per heavy atom. The average Bonchev–Trinajstić information content (AvgIpc) is 2.45. The zero-order valence-corrected chi connectivity index (χ0v) is 12.9. The molecule has 0 aromatic carbocycles. The van der Waals surface area contributed by atoms with Crippen molar-refractivity contribution in [3.63, 3.8) is 0 Å². The molecule has 1 aromatic heterocycles. The van der Waals surface area contributed by atoms with Gasteiger partial charge in [-0.3, -0.25) is 9.78 Å². The van der Waals surface area contributed by atoms with Crippen LogP contribution in [0, 0.1) is 12.3 Å². The van der Waals surface area contributed by atoms with Crippen molar-refractivity contribution < 1.29 is 4.79 Å². The van der Waals surface area contributed by atoms with Gasteiger partial charge in [0.2, 0.25) is 5.91 Å². The molecule has 0 aliphatic heterocycles. The summed E-state index contributed by atoms with van der Waals surface area (Å²) in [4.78, 5) is 16.6. The summed E-state index contributed by atoms with van der Waals surface area (Å²) in [6.45, 7) is 7.15. The smallest absolute Gasteiger partial charge is 0.227 e. The summed E-state index contributed by atoms with van der Waals surface area (Å²) in [6, 6.07) is 1.94. The van der Waals surface area contributed by atoms with Gasteiger partial charge in [-0.15, -0.1) is 0 Å². The fourth-order valence-corrected chi connectivity index (χ4v) is 2.67. The van der Waals surface area contributed by atoms with E-state index in [2.05, 4.69) is 24.1 Å². The van der Waals surface area contributed by atoms with Gasteiger partial charge in [-0.25, -0.2) is 0 Å². The van der Waals surface area contributed by atoms with E-state index in [-0.39, 0.29) is 5.91 Å². The summed E-state index contributed by atoms with van der Waals surface area (Å²) in [5, 5.41) is 3.05. The van der Waals surface area contributed by atoms with Crippen LogP contribution in [0.25, 0.3) is 0 Å². The molecule has 4 heteroatoms. The van der Waals surface area contributed by atoms with E-state index < -0.39 is 5.41 Å². The third-order valence-corrected chi connectivity index (χ3v) is 3.91. The molecular formula is C16H27N3O. The molecule has 0 bridgehead atoms. The van der Waals surface area contributed by atoms with Gasteiger partial charge in [0, 0.05) is 25.5 Å². The maximum absolute atomic E-state index is 12.6. The standard InChI is InChI=1S/C16H27N3O/c1-4-7-16(12-17,8-5-2)15(20)19-11-14-6-9-18-10-13(14)3/h6,9-10H,4-5,7-8,11-12,17H2,1-3H3,(H,19,20). The van der Waals surface area contributed by atoms with E-state index in [0.717, 1.165) is 36.8 Å². The molecule has 0 unspecified atom stereocenters. The predicted octanol–water partition coefficient (Wildman–Crippen LogP) is 2.55. The van der Waals surface area contributed by atoms with Gasteiger partial charge in [0.1, 0.15) is 0 Å². The van der Waals surface area contributed by atoms with Crippen LogP contribution in [0.5, 0.6) is 0 Å². The summed E-state index contributed by atoms with van der Waals surface area (Å²) < 4.78 is 0. The summed E-state index contributed by atoms with van der Waals surface area (Å²) in [6.07, 6.45) is 7.20. The highest BCUT2D eigenvalue weighted by Gasteiger charge is 2.34. The molecule has 0 saturated carbocycles. The number of carbonyl (C=O) groups is 1. The Bertz CT molecular complexity index is 425. The minimum Gasteiger partial charge on any atom is -0.351 e. The first kappa shape index (κ1) is 16.6. The van der Waals surface area contributed by atoms with Gasteiger partial charge in [-0.05, 0) is 37.0 Å². The topological polar surface area (TPSA) is 68.0 Å². The van der Waals surface area contributed by atoms with Gasteiger partial charge in [-0.1, -0.05) is 26.7 Å². The van der Waals surface area contributed by atoms with E-state index in [0.29, 0.717) is 13.1 Å². The second-order valence-electron chi connectivity index (χ2n) is 5.47. The minimum absolute atomic E-state index is 0.0833. The van der Waals surface area contributed by atoms with Crippen LogP contribution in [0.4, 0.5) is 0 Å². The first-order valence-electron chi connectivity index (χ1n) is 7.47. The van der Waals surface area contributed by atoms with Crippen molar-refractivity contribution in [1.82, 2.24) is 10.3 Å². The highest BCUT2D eigenvalue weighted by atomic mass is 16.2. The third kappa shape index (κ3) is 4.04. The monoisotopic (exact) mass is 277 g/mol. The van der Waals surface area contributed by atoms with E-state index in [1.165, 1.54) is 0 Å². The lowest BCUT2D eigenvalue weighted by molar-refractivity contribution is -0.131. The molecule has 0 spiro atoms. The molecule has 1 amide bonds. The Balaban J connectivity index is 2.74. The van der Waals surface area contributed by atoms with E-state index in [4.69, 9.17) is 5.73 Å². The molecule has 0 atom stereocenters. The maximum atomic E-state index is 12.6. The summed E-state index contributed by atoms with van der Waals surface area (Å²) in [5.41, 5.74) is 7.70. The normalized spacial score (nSPS) is 11.4. The van der Waals surface area contributed by atoms with E-state index >= 15 is 0 Å². The first-order valence-corrected chi connectivity index (χ1v) is 7.47. The first-order chi connectivity index (χ1) is 9.59. The van der Waals surface area contributed by atoms with Gasteiger partial charge in [0.25, 0.3) is 0 Å². The number of carbonyl (C=O) groups excluding carboxylic acids is 1. The van der Waals surface area contributed by atoms with Crippen LogP contribution in [-0.2, 0) is 11.3 Å². The lowest BCUT2D eigenvalue weighted by Gasteiger charge is -2.30. The number of amides is 1. The van der Waals surface area contributed by atoms with Crippen molar-refractivity contribution in [3.8, 4) is 0 Å².